The van der Waals surface area contributed by atoms with Crippen LogP contribution in [0.5, 0.6) is 0 Å². The van der Waals surface area contributed by atoms with Crippen LogP contribution in [0.2, 0.25) is 0 Å². The number of thiophene rings is 1. The van der Waals surface area contributed by atoms with E-state index in [0.717, 1.165) is 11.3 Å². The fraction of sp³-hybridized carbons (Fsp3) is 0.136. The van der Waals surface area contributed by atoms with Gasteiger partial charge in [-0.05, 0) is 23.6 Å². The SMILES string of the molecule is O=C(CC(C#Cc1ccccc1)(c1cccs1)C(F)(F)F)c1ccccc1. The normalized spacial score (nSPS) is 13.3. The lowest BCUT2D eigenvalue weighted by Gasteiger charge is -2.29. The lowest BCUT2D eigenvalue weighted by atomic mass is 9.79. The van der Waals surface area contributed by atoms with E-state index in [-0.39, 0.29) is 10.4 Å². The molecule has 0 saturated carbocycles. The molecule has 0 saturated heterocycles. The second-order valence-corrected chi connectivity index (χ2v) is 6.91. The number of hydrogen-bond donors (Lipinski definition) is 0. The Morgan fingerprint density at radius 3 is 2.07 bits per heavy atom. The molecule has 3 rings (SSSR count). The summed E-state index contributed by atoms with van der Waals surface area (Å²) in [5.41, 5.74) is -1.84. The highest BCUT2D eigenvalue weighted by Crippen LogP contribution is 2.46. The predicted molar refractivity (Wildman–Crippen MR) is 101 cm³/mol. The molecule has 1 aromatic heterocycles. The summed E-state index contributed by atoms with van der Waals surface area (Å²) in [4.78, 5) is 12.7. The van der Waals surface area contributed by atoms with Crippen molar-refractivity contribution in [2.24, 2.45) is 0 Å². The predicted octanol–water partition coefficient (Wildman–Crippen LogP) is 5.87. The Labute approximate surface area is 159 Å². The van der Waals surface area contributed by atoms with Crippen LogP contribution in [-0.2, 0) is 5.41 Å². The van der Waals surface area contributed by atoms with Gasteiger partial charge in [0.1, 0.15) is 0 Å². The molecule has 27 heavy (non-hydrogen) atoms. The minimum absolute atomic E-state index is 0.0164. The number of Topliss-reactive ketones (excluding diaryl/α,β-unsaturated/α-hetero) is 1. The van der Waals surface area contributed by atoms with Crippen molar-refractivity contribution in [1.82, 2.24) is 0 Å². The summed E-state index contributed by atoms with van der Waals surface area (Å²) in [7, 11) is 0. The number of hydrogen-bond acceptors (Lipinski definition) is 2. The van der Waals surface area contributed by atoms with E-state index >= 15 is 0 Å². The zero-order valence-electron chi connectivity index (χ0n) is 14.2. The van der Waals surface area contributed by atoms with Crippen molar-refractivity contribution >= 4 is 17.1 Å². The molecule has 136 valence electrons. The molecule has 0 bridgehead atoms. The molecule has 0 aliphatic heterocycles. The van der Waals surface area contributed by atoms with Gasteiger partial charge in [0.05, 0.1) is 0 Å². The van der Waals surface area contributed by atoms with Gasteiger partial charge in [-0.2, -0.15) is 13.2 Å². The summed E-state index contributed by atoms with van der Waals surface area (Å²) >= 11 is 0.954. The minimum Gasteiger partial charge on any atom is -0.294 e. The molecular weight excluding hydrogens is 369 g/mol. The first kappa shape index (κ1) is 18.9. The van der Waals surface area contributed by atoms with Gasteiger partial charge in [-0.3, -0.25) is 4.79 Å². The third kappa shape index (κ3) is 4.12. The number of alkyl halides is 3. The lowest BCUT2D eigenvalue weighted by Crippen LogP contribution is -2.42. The molecule has 0 amide bonds. The van der Waals surface area contributed by atoms with Crippen molar-refractivity contribution in [1.29, 1.82) is 0 Å². The summed E-state index contributed by atoms with van der Waals surface area (Å²) in [5.74, 6) is 4.44. The van der Waals surface area contributed by atoms with E-state index in [9.17, 15) is 18.0 Å². The summed E-state index contributed by atoms with van der Waals surface area (Å²) in [6, 6.07) is 19.4. The monoisotopic (exact) mass is 384 g/mol. The quantitative estimate of drug-likeness (QED) is 0.406. The van der Waals surface area contributed by atoms with Gasteiger partial charge >= 0.3 is 6.18 Å². The Morgan fingerprint density at radius 1 is 0.889 bits per heavy atom. The third-order valence-corrected chi connectivity index (χ3v) is 5.17. The Balaban J connectivity index is 2.10. The highest BCUT2D eigenvalue weighted by molar-refractivity contribution is 7.10. The number of carbonyl (C=O) groups is 1. The Morgan fingerprint density at radius 2 is 1.52 bits per heavy atom. The highest BCUT2D eigenvalue weighted by atomic mass is 32.1. The van der Waals surface area contributed by atoms with E-state index in [1.807, 2.05) is 0 Å². The fourth-order valence-corrected chi connectivity index (χ4v) is 3.59. The van der Waals surface area contributed by atoms with Gasteiger partial charge in [-0.1, -0.05) is 66.4 Å². The Bertz CT molecular complexity index is 952. The van der Waals surface area contributed by atoms with Crippen LogP contribution in [0.1, 0.15) is 27.2 Å². The van der Waals surface area contributed by atoms with Crippen molar-refractivity contribution < 1.29 is 18.0 Å². The van der Waals surface area contributed by atoms with Crippen LogP contribution in [-0.4, -0.2) is 12.0 Å². The number of rotatable bonds is 4. The third-order valence-electron chi connectivity index (χ3n) is 4.14. The second kappa shape index (κ2) is 7.81. The fourth-order valence-electron chi connectivity index (χ4n) is 2.69. The molecule has 0 fully saturated rings. The molecule has 1 nitrogen and oxygen atoms in total. The smallest absolute Gasteiger partial charge is 0.294 e. The van der Waals surface area contributed by atoms with Crippen LogP contribution in [0.4, 0.5) is 13.2 Å². The molecule has 0 radical (unpaired) electrons. The number of halogens is 3. The summed E-state index contributed by atoms with van der Waals surface area (Å²) in [6.45, 7) is 0. The van der Waals surface area contributed by atoms with Crippen LogP contribution >= 0.6 is 11.3 Å². The molecule has 2 aromatic carbocycles. The Hall–Kier alpha value is -2.84. The van der Waals surface area contributed by atoms with E-state index in [2.05, 4.69) is 11.8 Å². The molecule has 0 aliphatic carbocycles. The molecule has 0 spiro atoms. The van der Waals surface area contributed by atoms with Crippen LogP contribution < -0.4 is 0 Å². The van der Waals surface area contributed by atoms with E-state index < -0.39 is 23.8 Å². The van der Waals surface area contributed by atoms with Crippen LogP contribution in [0.15, 0.2) is 78.2 Å². The van der Waals surface area contributed by atoms with Crippen molar-refractivity contribution in [3.8, 4) is 11.8 Å². The maximum Gasteiger partial charge on any atom is 0.410 e. The van der Waals surface area contributed by atoms with Crippen molar-refractivity contribution in [2.75, 3.05) is 0 Å². The van der Waals surface area contributed by atoms with Crippen LogP contribution in [0.25, 0.3) is 0 Å². The molecule has 1 unspecified atom stereocenters. The van der Waals surface area contributed by atoms with Gasteiger partial charge in [0.15, 0.2) is 11.2 Å². The average molecular weight is 384 g/mol. The molecular formula is C22H15F3OS. The van der Waals surface area contributed by atoms with E-state index in [4.69, 9.17) is 0 Å². The van der Waals surface area contributed by atoms with Crippen LogP contribution in [0.3, 0.4) is 0 Å². The highest BCUT2D eigenvalue weighted by Gasteiger charge is 2.57. The number of carbonyl (C=O) groups excluding carboxylic acids is 1. The number of ketones is 1. The largest absolute Gasteiger partial charge is 0.410 e. The summed E-state index contributed by atoms with van der Waals surface area (Å²) in [5, 5.41) is 1.56. The zero-order valence-corrected chi connectivity index (χ0v) is 15.0. The lowest BCUT2D eigenvalue weighted by molar-refractivity contribution is -0.171. The van der Waals surface area contributed by atoms with Gasteiger partial charge < -0.3 is 0 Å². The first-order valence-electron chi connectivity index (χ1n) is 8.19. The summed E-state index contributed by atoms with van der Waals surface area (Å²) in [6.07, 6.45) is -5.47. The topological polar surface area (TPSA) is 17.1 Å². The minimum atomic E-state index is -4.70. The average Bonchev–Trinajstić information content (AvgIpc) is 3.20. The van der Waals surface area contributed by atoms with Crippen molar-refractivity contribution in [3.63, 3.8) is 0 Å². The van der Waals surface area contributed by atoms with Gasteiger partial charge in [0, 0.05) is 22.4 Å². The van der Waals surface area contributed by atoms with Crippen LogP contribution in [0, 0.1) is 11.8 Å². The van der Waals surface area contributed by atoms with Gasteiger partial charge in [0.2, 0.25) is 0 Å². The first-order chi connectivity index (χ1) is 12.9. The molecule has 1 heterocycles. The summed E-state index contributed by atoms with van der Waals surface area (Å²) < 4.78 is 42.8. The van der Waals surface area contributed by atoms with E-state index in [0.29, 0.717) is 5.56 Å². The Kier molecular flexibility index (Phi) is 5.48. The standard InChI is InChI=1S/C22H15F3OS/c23-22(24,25)21(20-12-7-15-27-20,14-13-17-8-3-1-4-9-17)16-19(26)18-10-5-2-6-11-18/h1-12,15H,16H2. The molecule has 0 N–H and O–H groups in total. The van der Waals surface area contributed by atoms with E-state index in [1.165, 1.54) is 24.3 Å². The maximum absolute atomic E-state index is 14.3. The molecule has 1 atom stereocenters. The molecule has 3 aromatic rings. The maximum atomic E-state index is 14.3. The van der Waals surface area contributed by atoms with Gasteiger partial charge in [0.25, 0.3) is 0 Å². The van der Waals surface area contributed by atoms with E-state index in [1.54, 1.807) is 53.9 Å². The van der Waals surface area contributed by atoms with Crippen molar-refractivity contribution in [3.05, 3.63) is 94.2 Å². The molecule has 5 heteroatoms. The zero-order chi connectivity index (χ0) is 19.3. The number of benzene rings is 2. The first-order valence-corrected chi connectivity index (χ1v) is 9.07. The van der Waals surface area contributed by atoms with Crippen molar-refractivity contribution in [2.45, 2.75) is 18.0 Å². The second-order valence-electron chi connectivity index (χ2n) is 5.96. The molecule has 0 aliphatic rings. The van der Waals surface area contributed by atoms with Gasteiger partial charge in [-0.15, -0.1) is 11.3 Å². The van der Waals surface area contributed by atoms with Gasteiger partial charge in [-0.25, -0.2) is 0 Å².